The number of hydrogen-bond donors (Lipinski definition) is 3. The molecular weight excluding hydrogens is 650 g/mol. The average molecular weight is 704 g/mol. The van der Waals surface area contributed by atoms with Crippen molar-refractivity contribution in [1.29, 1.82) is 0 Å². The van der Waals surface area contributed by atoms with Crippen LogP contribution in [-0.2, 0) is 47.6 Å². The predicted octanol–water partition coefficient (Wildman–Crippen LogP) is 1.87. The van der Waals surface area contributed by atoms with E-state index in [0.717, 1.165) is 0 Å². The summed E-state index contributed by atoms with van der Waals surface area (Å²) in [4.78, 5) is 52.9. The number of fused-ring (bicyclic) bond motifs is 9. The van der Waals surface area contributed by atoms with Crippen molar-refractivity contribution in [3.8, 4) is 0 Å². The SMILES string of the molecule is CC(=O)O[C@H]1[C@@H]2[C@H]([C@H](C)[C@H]3O[C@]34OC(=O)[C@@](C)(O)[C@]24C)[C@@]2(C)[C@@H](OC(C)=O)CC3C([C@@H](O)[C@H](N)[C@H]4C[C@@H]5O[C@@H]5[C@H](OC(=O)CC(C)C)[C@]34C)[C@H]12. The third kappa shape index (κ3) is 3.96. The molecule has 3 aliphatic heterocycles. The van der Waals surface area contributed by atoms with Crippen molar-refractivity contribution >= 4 is 23.9 Å². The first-order valence-electron chi connectivity index (χ1n) is 18.5. The van der Waals surface area contributed by atoms with Crippen LogP contribution in [0, 0.1) is 63.6 Å². The summed E-state index contributed by atoms with van der Waals surface area (Å²) in [5.41, 5.74) is 1.94. The van der Waals surface area contributed by atoms with Crippen LogP contribution in [0.1, 0.15) is 81.6 Å². The number of carbonyl (C=O) groups is 4. The molecule has 0 aromatic carbocycles. The van der Waals surface area contributed by atoms with Gasteiger partial charge >= 0.3 is 23.9 Å². The number of ether oxygens (including phenoxy) is 6. The molecule has 4 N–H and O–H groups in total. The third-order valence-electron chi connectivity index (χ3n) is 15.6. The zero-order chi connectivity index (χ0) is 36.4. The number of esters is 4. The summed E-state index contributed by atoms with van der Waals surface area (Å²) < 4.78 is 37.4. The molecule has 8 rings (SSSR count). The van der Waals surface area contributed by atoms with Gasteiger partial charge in [-0.25, -0.2) is 4.79 Å². The zero-order valence-corrected chi connectivity index (χ0v) is 30.4. The number of epoxide rings is 2. The molecule has 20 atom stereocenters. The molecule has 2 unspecified atom stereocenters. The molecule has 3 heterocycles. The van der Waals surface area contributed by atoms with Gasteiger partial charge in [0.2, 0.25) is 5.79 Å². The smallest absolute Gasteiger partial charge is 0.341 e. The highest BCUT2D eigenvalue weighted by atomic mass is 16.8. The van der Waals surface area contributed by atoms with Crippen molar-refractivity contribution in [2.75, 3.05) is 0 Å². The molecule has 1 spiro atoms. The van der Waals surface area contributed by atoms with Crippen molar-refractivity contribution in [3.63, 3.8) is 0 Å². The fourth-order valence-corrected chi connectivity index (χ4v) is 13.5. The summed E-state index contributed by atoms with van der Waals surface area (Å²) in [6, 6.07) is -0.733. The van der Waals surface area contributed by atoms with Crippen molar-refractivity contribution < 1.29 is 57.8 Å². The Balaban J connectivity index is 1.32. The molecule has 13 heteroatoms. The molecule has 0 aromatic heterocycles. The highest BCUT2D eigenvalue weighted by Crippen LogP contribution is 2.81. The number of hydrogen-bond acceptors (Lipinski definition) is 13. The maximum absolute atomic E-state index is 13.4. The first-order chi connectivity index (χ1) is 23.2. The zero-order valence-electron chi connectivity index (χ0n) is 30.4. The van der Waals surface area contributed by atoms with Crippen LogP contribution in [0.2, 0.25) is 0 Å². The standard InChI is InChI=1S/C37H53NO12/c1-13(2)10-21(41)48-31-28-19(47-28)11-18-26(38)27(42)22-17(33(18,31)6)12-20(45-15(4)39)34(7)23-14(3)30-37(49-30)35(8,36(9,44)32(43)50-37)25(23)29(24(22)34)46-16(5)40/h13-14,17-20,22-31,42,44H,10-12,38H2,1-9H3/t14-,17?,18+,19-,20-,22?,23-,24+,25-,26+,27+,28-,29+,30+,31-,33+,34+,35-,36+,37-/m0/s1. The van der Waals surface area contributed by atoms with Gasteiger partial charge in [-0.2, -0.15) is 0 Å². The van der Waals surface area contributed by atoms with Gasteiger partial charge in [0.1, 0.15) is 30.5 Å². The summed E-state index contributed by atoms with van der Waals surface area (Å²) >= 11 is 0. The predicted molar refractivity (Wildman–Crippen MR) is 171 cm³/mol. The first kappa shape index (κ1) is 34.7. The summed E-state index contributed by atoms with van der Waals surface area (Å²) in [5.74, 6) is -6.89. The van der Waals surface area contributed by atoms with Crippen molar-refractivity contribution in [2.45, 2.75) is 142 Å². The van der Waals surface area contributed by atoms with Crippen molar-refractivity contribution in [3.05, 3.63) is 0 Å². The van der Waals surface area contributed by atoms with Crippen molar-refractivity contribution in [2.24, 2.45) is 69.3 Å². The molecule has 0 bridgehead atoms. The normalized spacial score (nSPS) is 57.8. The lowest BCUT2D eigenvalue weighted by Gasteiger charge is -2.65. The van der Waals surface area contributed by atoms with Crippen LogP contribution in [0.3, 0.4) is 0 Å². The van der Waals surface area contributed by atoms with E-state index in [-0.39, 0.29) is 42.4 Å². The second-order valence-corrected chi connectivity index (χ2v) is 18.2. The van der Waals surface area contributed by atoms with E-state index in [4.69, 9.17) is 34.2 Å². The number of aliphatic hydroxyl groups excluding tert-OH is 1. The monoisotopic (exact) mass is 703 g/mol. The third-order valence-corrected chi connectivity index (χ3v) is 15.6. The molecule has 8 aliphatic rings. The van der Waals surface area contributed by atoms with Gasteiger partial charge in [0.25, 0.3) is 0 Å². The number of carbonyl (C=O) groups excluding carboxylic acids is 4. The van der Waals surface area contributed by atoms with Crippen LogP contribution in [0.15, 0.2) is 0 Å². The van der Waals surface area contributed by atoms with Crippen LogP contribution in [-0.4, -0.2) is 94.2 Å². The molecule has 8 fully saturated rings. The Kier molecular flexibility index (Phi) is 7.24. The molecule has 278 valence electrons. The Hall–Kier alpha value is -2.32. The van der Waals surface area contributed by atoms with Gasteiger partial charge in [-0.3, -0.25) is 14.4 Å². The molecule has 3 saturated heterocycles. The summed E-state index contributed by atoms with van der Waals surface area (Å²) in [6.45, 7) is 15.9. The molecule has 13 nitrogen and oxygen atoms in total. The molecule has 0 aromatic rings. The van der Waals surface area contributed by atoms with Crippen LogP contribution < -0.4 is 5.73 Å². The van der Waals surface area contributed by atoms with E-state index in [1.165, 1.54) is 20.8 Å². The Morgan fingerprint density at radius 3 is 2.24 bits per heavy atom. The fourth-order valence-electron chi connectivity index (χ4n) is 13.5. The van der Waals surface area contributed by atoms with Gasteiger partial charge in [-0.05, 0) is 62.2 Å². The molecule has 5 saturated carbocycles. The Bertz CT molecular complexity index is 1530. The van der Waals surface area contributed by atoms with Crippen LogP contribution in [0.25, 0.3) is 0 Å². The van der Waals surface area contributed by atoms with Crippen LogP contribution in [0.4, 0.5) is 0 Å². The van der Waals surface area contributed by atoms with E-state index in [0.29, 0.717) is 12.8 Å². The molecule has 0 amide bonds. The molecular formula is C37H53NO12. The maximum atomic E-state index is 13.4. The topological polar surface area (TPSA) is 197 Å². The van der Waals surface area contributed by atoms with Crippen molar-refractivity contribution in [1.82, 2.24) is 0 Å². The van der Waals surface area contributed by atoms with Gasteiger partial charge < -0.3 is 44.4 Å². The van der Waals surface area contributed by atoms with E-state index in [9.17, 15) is 29.4 Å². The Morgan fingerprint density at radius 2 is 1.62 bits per heavy atom. The van der Waals surface area contributed by atoms with E-state index in [1.807, 2.05) is 27.7 Å². The first-order valence-corrected chi connectivity index (χ1v) is 18.5. The maximum Gasteiger partial charge on any atom is 0.341 e. The summed E-state index contributed by atoms with van der Waals surface area (Å²) in [6.07, 6.45) is -3.31. The fraction of sp³-hybridized carbons (Fsp3) is 0.892. The second kappa shape index (κ2) is 10.4. The van der Waals surface area contributed by atoms with Crippen LogP contribution in [0.5, 0.6) is 0 Å². The lowest BCUT2D eigenvalue weighted by atomic mass is 9.41. The van der Waals surface area contributed by atoms with E-state index >= 15 is 0 Å². The number of nitrogens with two attached hydrogens (primary N) is 1. The minimum atomic E-state index is -2.01. The summed E-state index contributed by atoms with van der Waals surface area (Å²) in [7, 11) is 0. The Morgan fingerprint density at radius 1 is 0.960 bits per heavy atom. The van der Waals surface area contributed by atoms with E-state index < -0.39 is 112 Å². The lowest BCUT2D eigenvalue weighted by molar-refractivity contribution is -0.247. The lowest BCUT2D eigenvalue weighted by Crippen LogP contribution is -2.72. The van der Waals surface area contributed by atoms with Crippen LogP contribution >= 0.6 is 0 Å². The molecule has 50 heavy (non-hydrogen) atoms. The number of rotatable bonds is 5. The highest BCUT2D eigenvalue weighted by Gasteiger charge is 2.93. The minimum absolute atomic E-state index is 0.0781. The molecule has 5 aliphatic carbocycles. The van der Waals surface area contributed by atoms with Gasteiger partial charge in [0.15, 0.2) is 5.60 Å². The van der Waals surface area contributed by atoms with E-state index in [1.54, 1.807) is 6.92 Å². The van der Waals surface area contributed by atoms with E-state index in [2.05, 4.69) is 6.92 Å². The largest absolute Gasteiger partial charge is 0.462 e. The van der Waals surface area contributed by atoms with Gasteiger partial charge in [0.05, 0.1) is 17.6 Å². The Labute approximate surface area is 292 Å². The quantitative estimate of drug-likeness (QED) is 0.213. The number of aliphatic hydroxyl groups is 2. The summed E-state index contributed by atoms with van der Waals surface area (Å²) in [5, 5.41) is 24.5. The minimum Gasteiger partial charge on any atom is -0.462 e. The average Bonchev–Trinajstić information content (AvgIpc) is 3.90. The second-order valence-electron chi connectivity index (χ2n) is 18.2. The highest BCUT2D eigenvalue weighted by molar-refractivity contribution is 5.84. The van der Waals surface area contributed by atoms with Gasteiger partial charge in [-0.15, -0.1) is 0 Å². The molecule has 0 radical (unpaired) electrons. The van der Waals surface area contributed by atoms with Gasteiger partial charge in [-0.1, -0.05) is 34.6 Å². The van der Waals surface area contributed by atoms with Gasteiger partial charge in [0, 0.05) is 49.0 Å².